The number of halogens is 2. The van der Waals surface area contributed by atoms with Crippen LogP contribution in [0.4, 0.5) is 8.78 Å². The number of carbonyl (C=O) groups is 1. The molecule has 2 atom stereocenters. The molecular formula is C30H31F2N3O2S. The largest absolute Gasteiger partial charge is 0.390 e. The van der Waals surface area contributed by atoms with E-state index in [1.165, 1.54) is 29.0 Å². The van der Waals surface area contributed by atoms with E-state index in [4.69, 9.17) is 0 Å². The predicted molar refractivity (Wildman–Crippen MR) is 147 cm³/mol. The third-order valence-electron chi connectivity index (χ3n) is 6.24. The second-order valence-corrected chi connectivity index (χ2v) is 10.2. The summed E-state index contributed by atoms with van der Waals surface area (Å²) in [5, 5.41) is 19.4. The number of aromatic nitrogens is 1. The highest BCUT2D eigenvalue weighted by atomic mass is 32.1. The fourth-order valence-electron chi connectivity index (χ4n) is 4.26. The van der Waals surface area contributed by atoms with Crippen LogP contribution in [-0.2, 0) is 19.4 Å². The van der Waals surface area contributed by atoms with Crippen LogP contribution in [0.3, 0.4) is 0 Å². The van der Waals surface area contributed by atoms with E-state index in [0.29, 0.717) is 17.1 Å². The summed E-state index contributed by atoms with van der Waals surface area (Å²) in [5.74, 6) is -1.89. The minimum Gasteiger partial charge on any atom is -0.390 e. The normalized spacial score (nSPS) is 12.8. The number of benzene rings is 3. The molecule has 4 aromatic rings. The molecule has 3 N–H and O–H groups in total. The van der Waals surface area contributed by atoms with Crippen LogP contribution in [0.15, 0.2) is 72.1 Å². The molecule has 0 fully saturated rings. The number of nitrogens with one attached hydrogen (secondary N) is 2. The Morgan fingerprint density at radius 1 is 1.00 bits per heavy atom. The van der Waals surface area contributed by atoms with Gasteiger partial charge in [0.05, 0.1) is 12.1 Å². The molecule has 0 saturated carbocycles. The summed E-state index contributed by atoms with van der Waals surface area (Å²) in [5.41, 5.74) is 4.85. The second kappa shape index (κ2) is 12.9. The van der Waals surface area contributed by atoms with Crippen molar-refractivity contribution in [1.29, 1.82) is 0 Å². The van der Waals surface area contributed by atoms with E-state index in [-0.39, 0.29) is 18.7 Å². The van der Waals surface area contributed by atoms with Gasteiger partial charge < -0.3 is 15.7 Å². The van der Waals surface area contributed by atoms with Crippen molar-refractivity contribution in [3.05, 3.63) is 112 Å². The van der Waals surface area contributed by atoms with Crippen LogP contribution < -0.4 is 10.6 Å². The molecule has 5 nitrogen and oxygen atoms in total. The molecule has 0 aliphatic rings. The molecule has 4 rings (SSSR count). The van der Waals surface area contributed by atoms with Crippen molar-refractivity contribution in [2.24, 2.45) is 0 Å². The molecular weight excluding hydrogens is 504 g/mol. The summed E-state index contributed by atoms with van der Waals surface area (Å²) < 4.78 is 27.7. The van der Waals surface area contributed by atoms with Crippen LogP contribution >= 0.6 is 11.3 Å². The standard InChI is InChI=1S/C30H31F2N3O2S/c1-3-20-7-5-8-21(11-20)16-33-17-28(36)26(14-22-12-24(31)15-25(32)13-22)34-29(37)27-18-38-30(35-27)23-9-4-6-19(2)10-23/h4-13,15,18,26,28,33,36H,3,14,16-17H2,1-2H3,(H,34,37)/t26-,28+/m0/s1. The first-order valence-electron chi connectivity index (χ1n) is 12.6. The van der Waals surface area contributed by atoms with Crippen molar-refractivity contribution in [2.75, 3.05) is 6.54 Å². The van der Waals surface area contributed by atoms with Gasteiger partial charge in [0, 0.05) is 30.1 Å². The fraction of sp³-hybridized carbons (Fsp3) is 0.267. The number of aliphatic hydroxyl groups excluding tert-OH is 1. The summed E-state index contributed by atoms with van der Waals surface area (Å²) in [4.78, 5) is 17.6. The van der Waals surface area contributed by atoms with Crippen LogP contribution in [0.1, 0.15) is 39.7 Å². The van der Waals surface area contributed by atoms with Crippen molar-refractivity contribution < 1.29 is 18.7 Å². The summed E-state index contributed by atoms with van der Waals surface area (Å²) >= 11 is 1.35. The van der Waals surface area contributed by atoms with Gasteiger partial charge in [-0.2, -0.15) is 0 Å². The lowest BCUT2D eigenvalue weighted by atomic mass is 10.00. The molecule has 198 valence electrons. The van der Waals surface area contributed by atoms with Crippen molar-refractivity contribution in [2.45, 2.75) is 45.4 Å². The molecule has 1 amide bonds. The maximum atomic E-state index is 13.8. The lowest BCUT2D eigenvalue weighted by molar-refractivity contribution is 0.0826. The van der Waals surface area contributed by atoms with Gasteiger partial charge in [-0.1, -0.05) is 55.0 Å². The van der Waals surface area contributed by atoms with Crippen LogP contribution in [0.5, 0.6) is 0 Å². The number of thiazole rings is 1. The van der Waals surface area contributed by atoms with E-state index < -0.39 is 29.7 Å². The third-order valence-corrected chi connectivity index (χ3v) is 7.13. The zero-order chi connectivity index (χ0) is 27.1. The molecule has 0 bridgehead atoms. The lowest BCUT2D eigenvalue weighted by Crippen LogP contribution is -2.48. The maximum Gasteiger partial charge on any atom is 0.271 e. The van der Waals surface area contributed by atoms with E-state index >= 15 is 0 Å². The molecule has 8 heteroatoms. The maximum absolute atomic E-state index is 13.8. The summed E-state index contributed by atoms with van der Waals surface area (Å²) in [6.45, 7) is 4.78. The quantitative estimate of drug-likeness (QED) is 0.239. The molecule has 0 spiro atoms. The number of aryl methyl sites for hydroxylation is 2. The Labute approximate surface area is 225 Å². The average molecular weight is 536 g/mol. The fourth-order valence-corrected chi connectivity index (χ4v) is 5.06. The molecule has 0 saturated heterocycles. The predicted octanol–water partition coefficient (Wildman–Crippen LogP) is 5.45. The Hall–Kier alpha value is -3.46. The van der Waals surface area contributed by atoms with Crippen LogP contribution in [0.2, 0.25) is 0 Å². The first kappa shape index (κ1) is 27.6. The van der Waals surface area contributed by atoms with Crippen molar-refractivity contribution in [1.82, 2.24) is 15.6 Å². The summed E-state index contributed by atoms with van der Waals surface area (Å²) in [6.07, 6.45) is -0.0463. The number of aliphatic hydroxyl groups is 1. The number of amides is 1. The van der Waals surface area contributed by atoms with E-state index in [0.717, 1.165) is 29.2 Å². The highest BCUT2D eigenvalue weighted by molar-refractivity contribution is 7.13. The minimum absolute atomic E-state index is 0.0451. The summed E-state index contributed by atoms with van der Waals surface area (Å²) in [6, 6.07) is 18.4. The highest BCUT2D eigenvalue weighted by Crippen LogP contribution is 2.24. The van der Waals surface area contributed by atoms with Gasteiger partial charge in [0.2, 0.25) is 0 Å². The Bertz CT molecular complexity index is 1370. The topological polar surface area (TPSA) is 74.2 Å². The number of carbonyl (C=O) groups excluding carboxylic acids is 1. The molecule has 3 aromatic carbocycles. The Morgan fingerprint density at radius 2 is 1.74 bits per heavy atom. The van der Waals surface area contributed by atoms with Crippen LogP contribution in [-0.4, -0.2) is 34.7 Å². The van der Waals surface area contributed by atoms with Crippen molar-refractivity contribution in [3.63, 3.8) is 0 Å². The minimum atomic E-state index is -1.02. The number of rotatable bonds is 11. The highest BCUT2D eigenvalue weighted by Gasteiger charge is 2.24. The lowest BCUT2D eigenvalue weighted by Gasteiger charge is -2.24. The molecule has 0 aliphatic carbocycles. The molecule has 0 radical (unpaired) electrons. The first-order valence-corrected chi connectivity index (χ1v) is 13.4. The SMILES string of the molecule is CCc1cccc(CNC[C@@H](O)[C@H](Cc2cc(F)cc(F)c2)NC(=O)c2csc(-c3cccc(C)c3)n2)c1. The molecule has 1 aromatic heterocycles. The number of hydrogen-bond donors (Lipinski definition) is 3. The van der Waals surface area contributed by atoms with E-state index in [1.54, 1.807) is 5.38 Å². The van der Waals surface area contributed by atoms with E-state index in [1.807, 2.05) is 43.3 Å². The van der Waals surface area contributed by atoms with Gasteiger partial charge in [-0.25, -0.2) is 13.8 Å². The zero-order valence-electron chi connectivity index (χ0n) is 21.4. The number of nitrogens with zero attached hydrogens (tertiary/aromatic N) is 1. The first-order chi connectivity index (χ1) is 18.3. The van der Waals surface area contributed by atoms with Gasteiger partial charge in [0.15, 0.2) is 0 Å². The van der Waals surface area contributed by atoms with E-state index in [2.05, 4.69) is 34.7 Å². The Kier molecular flexibility index (Phi) is 9.33. The van der Waals surface area contributed by atoms with Gasteiger partial charge in [0.1, 0.15) is 22.3 Å². The van der Waals surface area contributed by atoms with Gasteiger partial charge in [0.25, 0.3) is 5.91 Å². The van der Waals surface area contributed by atoms with Gasteiger partial charge >= 0.3 is 0 Å². The Morgan fingerprint density at radius 3 is 2.47 bits per heavy atom. The Balaban J connectivity index is 1.47. The zero-order valence-corrected chi connectivity index (χ0v) is 22.2. The molecule has 38 heavy (non-hydrogen) atoms. The molecule has 1 heterocycles. The second-order valence-electron chi connectivity index (χ2n) is 9.34. The van der Waals surface area contributed by atoms with Crippen LogP contribution in [0, 0.1) is 18.6 Å². The van der Waals surface area contributed by atoms with Gasteiger partial charge in [-0.3, -0.25) is 4.79 Å². The number of hydrogen-bond acceptors (Lipinski definition) is 5. The van der Waals surface area contributed by atoms with Gasteiger partial charge in [-0.15, -0.1) is 11.3 Å². The monoisotopic (exact) mass is 535 g/mol. The van der Waals surface area contributed by atoms with Gasteiger partial charge in [-0.05, 0) is 54.7 Å². The van der Waals surface area contributed by atoms with Crippen LogP contribution in [0.25, 0.3) is 10.6 Å². The summed E-state index contributed by atoms with van der Waals surface area (Å²) in [7, 11) is 0. The smallest absolute Gasteiger partial charge is 0.271 e. The van der Waals surface area contributed by atoms with Crippen molar-refractivity contribution >= 4 is 17.2 Å². The van der Waals surface area contributed by atoms with E-state index in [9.17, 15) is 18.7 Å². The third kappa shape index (κ3) is 7.54. The average Bonchev–Trinajstić information content (AvgIpc) is 3.38. The molecule has 0 unspecified atom stereocenters. The molecule has 0 aliphatic heterocycles. The van der Waals surface area contributed by atoms with Crippen molar-refractivity contribution in [3.8, 4) is 10.6 Å².